The molecule has 1 aromatic rings. The summed E-state index contributed by atoms with van der Waals surface area (Å²) in [5.41, 5.74) is 0.597. The van der Waals surface area contributed by atoms with Gasteiger partial charge in [0.15, 0.2) is 0 Å². The molecular formula is C10H16N2O2. The van der Waals surface area contributed by atoms with Crippen LogP contribution in [-0.2, 0) is 0 Å². The number of ether oxygens (including phenoxy) is 1. The molecule has 1 rings (SSSR count). The summed E-state index contributed by atoms with van der Waals surface area (Å²) in [6, 6.07) is 3.44. The summed E-state index contributed by atoms with van der Waals surface area (Å²) in [4.78, 5) is 0. The quantitative estimate of drug-likeness (QED) is 0.794. The number of hydrogen-bond acceptors (Lipinski definition) is 4. The molecule has 0 amide bonds. The van der Waals surface area contributed by atoms with E-state index in [1.165, 1.54) is 7.11 Å². The summed E-state index contributed by atoms with van der Waals surface area (Å²) >= 11 is 0. The molecule has 14 heavy (non-hydrogen) atoms. The molecule has 1 unspecified atom stereocenters. The maximum absolute atomic E-state index is 9.71. The lowest BCUT2D eigenvalue weighted by atomic mass is 10.0. The van der Waals surface area contributed by atoms with Gasteiger partial charge in [-0.3, -0.25) is 0 Å². The lowest BCUT2D eigenvalue weighted by Gasteiger charge is -2.11. The van der Waals surface area contributed by atoms with Gasteiger partial charge in [-0.1, -0.05) is 13.8 Å². The van der Waals surface area contributed by atoms with Crippen molar-refractivity contribution < 1.29 is 9.84 Å². The first-order valence-electron chi connectivity index (χ1n) is 4.69. The number of aliphatic hydroxyl groups excluding tert-OH is 1. The van der Waals surface area contributed by atoms with Crippen LogP contribution in [0.2, 0.25) is 0 Å². The van der Waals surface area contributed by atoms with E-state index in [1.54, 1.807) is 12.1 Å². The predicted molar refractivity (Wildman–Crippen MR) is 53.0 cm³/mol. The highest BCUT2D eigenvalue weighted by molar-refractivity contribution is 5.12. The number of rotatable bonds is 4. The first kappa shape index (κ1) is 10.9. The normalized spacial score (nSPS) is 12.9. The van der Waals surface area contributed by atoms with E-state index in [1.807, 2.05) is 0 Å². The van der Waals surface area contributed by atoms with Gasteiger partial charge in [0.05, 0.1) is 18.9 Å². The van der Waals surface area contributed by atoms with Crippen LogP contribution < -0.4 is 4.74 Å². The van der Waals surface area contributed by atoms with Gasteiger partial charge in [-0.2, -0.15) is 0 Å². The van der Waals surface area contributed by atoms with E-state index in [4.69, 9.17) is 4.74 Å². The third-order valence-electron chi connectivity index (χ3n) is 1.91. The van der Waals surface area contributed by atoms with E-state index in [2.05, 4.69) is 24.0 Å². The minimum Gasteiger partial charge on any atom is -0.480 e. The Morgan fingerprint density at radius 1 is 1.36 bits per heavy atom. The Morgan fingerprint density at radius 3 is 2.50 bits per heavy atom. The van der Waals surface area contributed by atoms with Crippen molar-refractivity contribution in [2.45, 2.75) is 26.4 Å². The Kier molecular flexibility index (Phi) is 3.83. The average molecular weight is 196 g/mol. The Labute approximate surface area is 83.9 Å². The largest absolute Gasteiger partial charge is 0.480 e. The van der Waals surface area contributed by atoms with Crippen LogP contribution in [0.15, 0.2) is 12.1 Å². The molecule has 0 spiro atoms. The third-order valence-corrected chi connectivity index (χ3v) is 1.91. The van der Waals surface area contributed by atoms with Gasteiger partial charge in [0.2, 0.25) is 5.88 Å². The maximum atomic E-state index is 9.71. The van der Waals surface area contributed by atoms with E-state index in [0.717, 1.165) is 0 Å². The molecule has 0 aliphatic carbocycles. The molecular weight excluding hydrogens is 180 g/mol. The van der Waals surface area contributed by atoms with Crippen molar-refractivity contribution in [3.05, 3.63) is 17.8 Å². The number of hydrogen-bond donors (Lipinski definition) is 1. The highest BCUT2D eigenvalue weighted by Crippen LogP contribution is 2.19. The van der Waals surface area contributed by atoms with Gasteiger partial charge in [-0.05, 0) is 18.4 Å². The second-order valence-electron chi connectivity index (χ2n) is 3.65. The fourth-order valence-corrected chi connectivity index (χ4v) is 1.18. The Morgan fingerprint density at radius 2 is 2.07 bits per heavy atom. The van der Waals surface area contributed by atoms with Crippen LogP contribution in [0.3, 0.4) is 0 Å². The zero-order valence-electron chi connectivity index (χ0n) is 8.77. The van der Waals surface area contributed by atoms with E-state index in [9.17, 15) is 5.11 Å². The molecule has 1 N–H and O–H groups in total. The number of nitrogens with zero attached hydrogens (tertiary/aromatic N) is 2. The Bertz CT molecular complexity index is 272. The minimum atomic E-state index is -0.534. The van der Waals surface area contributed by atoms with Gasteiger partial charge in [0.1, 0.15) is 0 Å². The summed E-state index contributed by atoms with van der Waals surface area (Å²) in [6.07, 6.45) is 0.162. The molecule has 4 nitrogen and oxygen atoms in total. The molecule has 0 aliphatic rings. The van der Waals surface area contributed by atoms with Crippen molar-refractivity contribution in [3.63, 3.8) is 0 Å². The summed E-state index contributed by atoms with van der Waals surface area (Å²) in [5.74, 6) is 0.902. The lowest BCUT2D eigenvalue weighted by molar-refractivity contribution is 0.145. The van der Waals surface area contributed by atoms with Gasteiger partial charge in [-0.15, -0.1) is 10.2 Å². The fourth-order valence-electron chi connectivity index (χ4n) is 1.18. The Balaban J connectivity index is 2.66. The smallest absolute Gasteiger partial charge is 0.233 e. The Hall–Kier alpha value is -1.16. The molecule has 1 heterocycles. The van der Waals surface area contributed by atoms with Gasteiger partial charge in [0.25, 0.3) is 0 Å². The monoisotopic (exact) mass is 196 g/mol. The van der Waals surface area contributed by atoms with Crippen LogP contribution >= 0.6 is 0 Å². The van der Waals surface area contributed by atoms with Crippen LogP contribution in [-0.4, -0.2) is 22.4 Å². The SMILES string of the molecule is COc1ccc(C(O)CC(C)C)nn1. The highest BCUT2D eigenvalue weighted by Gasteiger charge is 2.11. The van der Waals surface area contributed by atoms with Crippen molar-refractivity contribution >= 4 is 0 Å². The summed E-state index contributed by atoms with van der Waals surface area (Å²) in [6.45, 7) is 4.11. The zero-order valence-corrected chi connectivity index (χ0v) is 8.77. The van der Waals surface area contributed by atoms with Crippen molar-refractivity contribution in [1.82, 2.24) is 10.2 Å². The number of methoxy groups -OCH3 is 1. The predicted octanol–water partition coefficient (Wildman–Crippen LogP) is 1.56. The lowest BCUT2D eigenvalue weighted by Crippen LogP contribution is -2.05. The van der Waals surface area contributed by atoms with Gasteiger partial charge < -0.3 is 9.84 Å². The molecule has 0 radical (unpaired) electrons. The van der Waals surface area contributed by atoms with Gasteiger partial charge >= 0.3 is 0 Å². The topological polar surface area (TPSA) is 55.2 Å². The zero-order chi connectivity index (χ0) is 10.6. The van der Waals surface area contributed by atoms with E-state index in [-0.39, 0.29) is 0 Å². The molecule has 0 fully saturated rings. The first-order valence-corrected chi connectivity index (χ1v) is 4.69. The highest BCUT2D eigenvalue weighted by atomic mass is 16.5. The maximum Gasteiger partial charge on any atom is 0.233 e. The van der Waals surface area contributed by atoms with Crippen molar-refractivity contribution in [2.75, 3.05) is 7.11 Å². The van der Waals surface area contributed by atoms with E-state index >= 15 is 0 Å². The van der Waals surface area contributed by atoms with Crippen molar-refractivity contribution in [1.29, 1.82) is 0 Å². The second kappa shape index (κ2) is 4.91. The van der Waals surface area contributed by atoms with Crippen LogP contribution in [0.4, 0.5) is 0 Å². The molecule has 0 aromatic carbocycles. The van der Waals surface area contributed by atoms with Crippen LogP contribution in [0, 0.1) is 5.92 Å². The van der Waals surface area contributed by atoms with Crippen LogP contribution in [0.5, 0.6) is 5.88 Å². The molecule has 78 valence electrons. The average Bonchev–Trinajstić information content (AvgIpc) is 2.17. The molecule has 4 heteroatoms. The summed E-state index contributed by atoms with van der Waals surface area (Å²) in [5, 5.41) is 17.4. The molecule has 0 aliphatic heterocycles. The van der Waals surface area contributed by atoms with E-state index in [0.29, 0.717) is 23.9 Å². The third kappa shape index (κ3) is 2.96. The van der Waals surface area contributed by atoms with Gasteiger partial charge in [0, 0.05) is 6.07 Å². The fraction of sp³-hybridized carbons (Fsp3) is 0.600. The molecule has 0 bridgehead atoms. The summed E-state index contributed by atoms with van der Waals surface area (Å²) < 4.78 is 4.87. The van der Waals surface area contributed by atoms with E-state index < -0.39 is 6.10 Å². The number of aliphatic hydroxyl groups is 1. The minimum absolute atomic E-state index is 0.439. The number of aromatic nitrogens is 2. The molecule has 0 saturated heterocycles. The van der Waals surface area contributed by atoms with Crippen LogP contribution in [0.25, 0.3) is 0 Å². The van der Waals surface area contributed by atoms with Crippen molar-refractivity contribution in [2.24, 2.45) is 5.92 Å². The standard InChI is InChI=1S/C10H16N2O2/c1-7(2)6-9(13)8-4-5-10(14-3)12-11-8/h4-5,7,9,13H,6H2,1-3H3. The first-order chi connectivity index (χ1) is 6.63. The summed E-state index contributed by atoms with van der Waals surface area (Å²) in [7, 11) is 1.54. The van der Waals surface area contributed by atoms with Gasteiger partial charge in [-0.25, -0.2) is 0 Å². The molecule has 0 saturated carbocycles. The van der Waals surface area contributed by atoms with Crippen molar-refractivity contribution in [3.8, 4) is 5.88 Å². The molecule has 1 aromatic heterocycles. The molecule has 1 atom stereocenters. The second-order valence-corrected chi connectivity index (χ2v) is 3.65. The van der Waals surface area contributed by atoms with Crippen LogP contribution in [0.1, 0.15) is 32.1 Å².